The fourth-order valence-corrected chi connectivity index (χ4v) is 3.44. The van der Waals surface area contributed by atoms with Gasteiger partial charge in [-0.25, -0.2) is 0 Å². The van der Waals surface area contributed by atoms with Gasteiger partial charge in [-0.15, -0.1) is 0 Å². The zero-order valence-electron chi connectivity index (χ0n) is 18.0. The van der Waals surface area contributed by atoms with Crippen molar-refractivity contribution in [3.63, 3.8) is 0 Å². The molecule has 1 aromatic rings. The number of aryl methyl sites for hydroxylation is 1. The van der Waals surface area contributed by atoms with E-state index < -0.39 is 12.1 Å². The van der Waals surface area contributed by atoms with Gasteiger partial charge < -0.3 is 15.5 Å². The Morgan fingerprint density at radius 2 is 1.39 bits per heavy atom. The smallest absolute Gasteiger partial charge is 0.251 e. The molecule has 1 rings (SSSR count). The maximum atomic E-state index is 12.3. The molecule has 0 aliphatic heterocycles. The Labute approximate surface area is 171 Å². The second-order valence-corrected chi connectivity index (χ2v) is 8.02. The summed E-state index contributed by atoms with van der Waals surface area (Å²) in [5.41, 5.74) is 1.64. The van der Waals surface area contributed by atoms with Crippen LogP contribution in [0.3, 0.4) is 0 Å². The molecule has 0 spiro atoms. The molecule has 0 radical (unpaired) electrons. The Kier molecular flexibility index (Phi) is 13.7. The molecule has 0 fully saturated rings. The zero-order chi connectivity index (χ0) is 20.6. The maximum absolute atomic E-state index is 12.3. The summed E-state index contributed by atoms with van der Waals surface area (Å²) in [4.78, 5) is 12.3. The molecule has 4 heteroatoms. The van der Waals surface area contributed by atoms with E-state index in [1.165, 1.54) is 57.8 Å². The van der Waals surface area contributed by atoms with Crippen molar-refractivity contribution in [3.05, 3.63) is 35.4 Å². The lowest BCUT2D eigenvalue weighted by molar-refractivity contribution is 0.0661. The first-order valence-corrected chi connectivity index (χ1v) is 11.2. The molecule has 1 aromatic carbocycles. The lowest BCUT2D eigenvalue weighted by Gasteiger charge is -2.22. The molecule has 0 aliphatic carbocycles. The molecule has 4 nitrogen and oxygen atoms in total. The average Bonchev–Trinajstić information content (AvgIpc) is 2.70. The van der Waals surface area contributed by atoms with Crippen LogP contribution in [0.25, 0.3) is 0 Å². The van der Waals surface area contributed by atoms with Gasteiger partial charge in [0.15, 0.2) is 0 Å². The van der Waals surface area contributed by atoms with Gasteiger partial charge in [-0.3, -0.25) is 4.79 Å². The van der Waals surface area contributed by atoms with Crippen LogP contribution >= 0.6 is 0 Å². The largest absolute Gasteiger partial charge is 0.394 e. The van der Waals surface area contributed by atoms with Crippen LogP contribution in [0.2, 0.25) is 0 Å². The summed E-state index contributed by atoms with van der Waals surface area (Å²) in [6.07, 6.45) is 13.8. The van der Waals surface area contributed by atoms with E-state index in [9.17, 15) is 15.0 Å². The highest BCUT2D eigenvalue weighted by Crippen LogP contribution is 2.13. The predicted molar refractivity (Wildman–Crippen MR) is 117 cm³/mol. The second-order valence-electron chi connectivity index (χ2n) is 8.02. The highest BCUT2D eigenvalue weighted by atomic mass is 16.3. The minimum absolute atomic E-state index is 0.253. The van der Waals surface area contributed by atoms with Crippen LogP contribution in [0.15, 0.2) is 24.3 Å². The Hall–Kier alpha value is -1.39. The number of rotatable bonds is 16. The third-order valence-electron chi connectivity index (χ3n) is 5.39. The van der Waals surface area contributed by atoms with Crippen molar-refractivity contribution in [1.82, 2.24) is 5.32 Å². The standard InChI is InChI=1S/C24H41NO3/c1-3-4-5-6-7-8-9-10-11-12-13-14-23(27)22(19-26)25-24(28)21-17-15-20(2)16-18-21/h15-18,22-23,26-27H,3-14,19H2,1-2H3,(H,25,28). The number of nitrogens with one attached hydrogen (secondary N) is 1. The Morgan fingerprint density at radius 3 is 1.89 bits per heavy atom. The third-order valence-corrected chi connectivity index (χ3v) is 5.39. The van der Waals surface area contributed by atoms with Crippen molar-refractivity contribution in [2.24, 2.45) is 0 Å². The highest BCUT2D eigenvalue weighted by Gasteiger charge is 2.20. The number of benzene rings is 1. The molecule has 0 saturated heterocycles. The van der Waals surface area contributed by atoms with Crippen LogP contribution in [0.4, 0.5) is 0 Å². The Bertz CT molecular complexity index is 515. The van der Waals surface area contributed by atoms with Crippen LogP contribution in [0, 0.1) is 6.92 Å². The number of hydrogen-bond acceptors (Lipinski definition) is 3. The van der Waals surface area contributed by atoms with Gasteiger partial charge in [0.2, 0.25) is 0 Å². The molecule has 0 heterocycles. The van der Waals surface area contributed by atoms with Crippen LogP contribution < -0.4 is 5.32 Å². The van der Waals surface area contributed by atoms with Crippen molar-refractivity contribution in [1.29, 1.82) is 0 Å². The normalized spacial score (nSPS) is 13.3. The molecule has 0 aromatic heterocycles. The fourth-order valence-electron chi connectivity index (χ4n) is 3.44. The van der Waals surface area contributed by atoms with Gasteiger partial charge in [-0.05, 0) is 25.5 Å². The van der Waals surface area contributed by atoms with Crippen molar-refractivity contribution in [3.8, 4) is 0 Å². The average molecular weight is 392 g/mol. The molecule has 2 atom stereocenters. The summed E-state index contributed by atoms with van der Waals surface area (Å²) in [6, 6.07) is 6.66. The lowest BCUT2D eigenvalue weighted by Crippen LogP contribution is -2.45. The fraction of sp³-hybridized carbons (Fsp3) is 0.708. The number of unbranched alkanes of at least 4 members (excludes halogenated alkanes) is 10. The van der Waals surface area contributed by atoms with Gasteiger partial charge in [0, 0.05) is 5.56 Å². The quantitative estimate of drug-likeness (QED) is 0.341. The van der Waals surface area contributed by atoms with Gasteiger partial charge in [-0.2, -0.15) is 0 Å². The molecule has 2 unspecified atom stereocenters. The molecule has 28 heavy (non-hydrogen) atoms. The molecule has 3 N–H and O–H groups in total. The van der Waals surface area contributed by atoms with Crippen molar-refractivity contribution >= 4 is 5.91 Å². The molecule has 160 valence electrons. The van der Waals surface area contributed by atoms with Gasteiger partial charge in [0.05, 0.1) is 18.8 Å². The van der Waals surface area contributed by atoms with Crippen molar-refractivity contribution in [2.75, 3.05) is 6.61 Å². The van der Waals surface area contributed by atoms with Crippen molar-refractivity contribution < 1.29 is 15.0 Å². The van der Waals surface area contributed by atoms with E-state index in [2.05, 4.69) is 12.2 Å². The number of aliphatic hydroxyl groups excluding tert-OH is 2. The summed E-state index contributed by atoms with van der Waals surface area (Å²) in [6.45, 7) is 3.96. The van der Waals surface area contributed by atoms with Gasteiger partial charge in [0.1, 0.15) is 0 Å². The Balaban J connectivity index is 2.13. The van der Waals surface area contributed by atoms with Crippen molar-refractivity contribution in [2.45, 2.75) is 103 Å². The van der Waals surface area contributed by atoms with Crippen LogP contribution in [-0.2, 0) is 0 Å². The second kappa shape index (κ2) is 15.5. The first kappa shape index (κ1) is 24.6. The number of aliphatic hydroxyl groups is 2. The zero-order valence-corrected chi connectivity index (χ0v) is 18.0. The first-order chi connectivity index (χ1) is 13.6. The van der Waals surface area contributed by atoms with E-state index in [1.54, 1.807) is 12.1 Å². The SMILES string of the molecule is CCCCCCCCCCCCCC(O)C(CO)NC(=O)c1ccc(C)cc1. The minimum Gasteiger partial charge on any atom is -0.394 e. The highest BCUT2D eigenvalue weighted by molar-refractivity contribution is 5.94. The summed E-state index contributed by atoms with van der Waals surface area (Å²) in [5, 5.41) is 22.6. The summed E-state index contributed by atoms with van der Waals surface area (Å²) >= 11 is 0. The van der Waals surface area contributed by atoms with E-state index in [1.807, 2.05) is 19.1 Å². The van der Waals surface area contributed by atoms with Crippen LogP contribution in [0.1, 0.15) is 99.9 Å². The number of amides is 1. The van der Waals surface area contributed by atoms with Gasteiger partial charge >= 0.3 is 0 Å². The topological polar surface area (TPSA) is 69.6 Å². The van der Waals surface area contributed by atoms with Gasteiger partial charge in [-0.1, -0.05) is 95.2 Å². The van der Waals surface area contributed by atoms with E-state index in [4.69, 9.17) is 0 Å². The molecule has 0 aliphatic rings. The van der Waals surface area contributed by atoms with Gasteiger partial charge in [0.25, 0.3) is 5.91 Å². The number of carbonyl (C=O) groups excluding carboxylic acids is 1. The summed E-state index contributed by atoms with van der Waals surface area (Å²) in [7, 11) is 0. The van der Waals surface area contributed by atoms with E-state index in [0.717, 1.165) is 18.4 Å². The molecular weight excluding hydrogens is 350 g/mol. The minimum atomic E-state index is -0.710. The summed E-state index contributed by atoms with van der Waals surface area (Å²) in [5.74, 6) is -0.253. The van der Waals surface area contributed by atoms with E-state index in [0.29, 0.717) is 12.0 Å². The van der Waals surface area contributed by atoms with E-state index in [-0.39, 0.29) is 12.5 Å². The number of carbonyl (C=O) groups is 1. The predicted octanol–water partition coefficient (Wildman–Crippen LogP) is 5.15. The molecule has 1 amide bonds. The van der Waals surface area contributed by atoms with Crippen LogP contribution in [-0.4, -0.2) is 34.9 Å². The maximum Gasteiger partial charge on any atom is 0.251 e. The molecule has 0 saturated carbocycles. The van der Waals surface area contributed by atoms with E-state index >= 15 is 0 Å². The molecular formula is C24H41NO3. The molecule has 0 bridgehead atoms. The monoisotopic (exact) mass is 391 g/mol. The third kappa shape index (κ3) is 10.8. The first-order valence-electron chi connectivity index (χ1n) is 11.2. The lowest BCUT2D eigenvalue weighted by atomic mass is 10.0. The Morgan fingerprint density at radius 1 is 0.893 bits per heavy atom. The number of hydrogen-bond donors (Lipinski definition) is 3. The van der Waals surface area contributed by atoms with Crippen LogP contribution in [0.5, 0.6) is 0 Å². The summed E-state index contributed by atoms with van der Waals surface area (Å²) < 4.78 is 0.